The zero-order chi connectivity index (χ0) is 21.5. The number of fused-ring (bicyclic) bond motifs is 1. The highest BCUT2D eigenvalue weighted by Crippen LogP contribution is 2.21. The second-order valence-electron chi connectivity index (χ2n) is 6.82. The molecule has 28 heavy (non-hydrogen) atoms. The molecule has 0 bridgehead atoms. The van der Waals surface area contributed by atoms with Gasteiger partial charge in [0, 0.05) is 46.0 Å². The van der Waals surface area contributed by atoms with Gasteiger partial charge in [0.25, 0.3) is 0 Å². The number of unbranched alkanes of at least 4 members (excludes halogenated alkanes) is 3. The maximum absolute atomic E-state index is 12.4. The first-order valence-corrected chi connectivity index (χ1v) is 9.58. The van der Waals surface area contributed by atoms with Gasteiger partial charge >= 0.3 is 0 Å². The number of rotatable bonds is 10. The average Bonchev–Trinajstić information content (AvgIpc) is 3.18. The highest BCUT2D eigenvalue weighted by molar-refractivity contribution is 5.93. The fraction of sp³-hybridized carbons (Fsp3) is 0.348. The van der Waals surface area contributed by atoms with Gasteiger partial charge in [-0.3, -0.25) is 19.1 Å². The van der Waals surface area contributed by atoms with E-state index >= 15 is 0 Å². The molecule has 0 spiro atoms. The molecule has 0 aliphatic heterocycles. The van der Waals surface area contributed by atoms with E-state index in [0.29, 0.717) is 18.4 Å². The van der Waals surface area contributed by atoms with E-state index in [2.05, 4.69) is 4.98 Å². The molecule has 3 rings (SSSR count). The van der Waals surface area contributed by atoms with Crippen LogP contribution in [0, 0.1) is 0 Å². The lowest BCUT2D eigenvalue weighted by Gasteiger charge is -2.05. The Morgan fingerprint density at radius 1 is 1.07 bits per heavy atom. The lowest BCUT2D eigenvalue weighted by molar-refractivity contribution is -0.119. The Kier molecular flexibility index (Phi) is 6.03. The van der Waals surface area contributed by atoms with Crippen molar-refractivity contribution in [3.63, 3.8) is 0 Å². The monoisotopic (exact) mass is 380 g/mol. The lowest BCUT2D eigenvalue weighted by Crippen LogP contribution is -2.08. The van der Waals surface area contributed by atoms with Gasteiger partial charge in [-0.25, -0.2) is 0 Å². The molecule has 0 saturated heterocycles. The second-order valence-corrected chi connectivity index (χ2v) is 6.82. The van der Waals surface area contributed by atoms with Gasteiger partial charge in [0.2, 0.25) is 5.91 Å². The molecule has 0 aliphatic carbocycles. The number of Topliss-reactive ketones (excluding diaryl/α,β-unsaturated/α-hetero) is 1. The Hall–Kier alpha value is -2.95. The SMILES string of the molecule is [2H]C(C(=O)CCCCCCC(=O)n1ccc2cc(O)ccc21)C([2H])c1cccnc1. The van der Waals surface area contributed by atoms with Gasteiger partial charge in [-0.2, -0.15) is 0 Å². The smallest absolute Gasteiger partial charge is 0.231 e. The van der Waals surface area contributed by atoms with Crippen LogP contribution < -0.4 is 0 Å². The fourth-order valence-electron chi connectivity index (χ4n) is 3.14. The van der Waals surface area contributed by atoms with Gasteiger partial charge in [-0.15, -0.1) is 0 Å². The summed E-state index contributed by atoms with van der Waals surface area (Å²) in [5.74, 6) is -0.0437. The summed E-state index contributed by atoms with van der Waals surface area (Å²) in [6.45, 7) is 0. The number of nitrogens with zero attached hydrogens (tertiary/aromatic N) is 2. The van der Waals surface area contributed by atoms with E-state index in [4.69, 9.17) is 2.74 Å². The third kappa shape index (κ3) is 5.52. The van der Waals surface area contributed by atoms with Crippen molar-refractivity contribution in [1.82, 2.24) is 9.55 Å². The van der Waals surface area contributed by atoms with Crippen molar-refractivity contribution in [2.24, 2.45) is 0 Å². The minimum atomic E-state index is -1.10. The number of pyridine rings is 1. The number of benzene rings is 1. The molecule has 1 aromatic carbocycles. The Morgan fingerprint density at radius 2 is 1.89 bits per heavy atom. The third-order valence-electron chi connectivity index (χ3n) is 4.65. The van der Waals surface area contributed by atoms with E-state index < -0.39 is 12.8 Å². The summed E-state index contributed by atoms with van der Waals surface area (Å²) in [5.41, 5.74) is 1.36. The van der Waals surface area contributed by atoms with Crippen LogP contribution in [-0.4, -0.2) is 26.3 Å². The highest BCUT2D eigenvalue weighted by atomic mass is 16.3. The lowest BCUT2D eigenvalue weighted by atomic mass is 10.0. The summed E-state index contributed by atoms with van der Waals surface area (Å²) in [4.78, 5) is 28.6. The molecular formula is C23H26N2O3. The zero-order valence-corrected chi connectivity index (χ0v) is 15.8. The Balaban J connectivity index is 1.37. The zero-order valence-electron chi connectivity index (χ0n) is 17.8. The first kappa shape index (κ1) is 17.2. The fourth-order valence-corrected chi connectivity index (χ4v) is 3.14. The quantitative estimate of drug-likeness (QED) is 0.507. The minimum absolute atomic E-state index is 0.00602. The summed E-state index contributed by atoms with van der Waals surface area (Å²) in [5, 5.41) is 10.3. The summed E-state index contributed by atoms with van der Waals surface area (Å²) < 4.78 is 17.7. The van der Waals surface area contributed by atoms with Gasteiger partial charge in [0.1, 0.15) is 11.5 Å². The second kappa shape index (κ2) is 9.83. The van der Waals surface area contributed by atoms with Crippen LogP contribution in [0.3, 0.4) is 0 Å². The van der Waals surface area contributed by atoms with Gasteiger partial charge in [-0.1, -0.05) is 18.9 Å². The molecule has 2 atom stereocenters. The van der Waals surface area contributed by atoms with Gasteiger partial charge in [0.05, 0.1) is 5.52 Å². The number of phenolic OH excluding ortho intramolecular Hbond substituents is 1. The van der Waals surface area contributed by atoms with E-state index in [1.807, 2.05) is 0 Å². The normalized spacial score (nSPS) is 14.3. The van der Waals surface area contributed by atoms with Crippen molar-refractivity contribution >= 4 is 22.6 Å². The summed E-state index contributed by atoms with van der Waals surface area (Å²) in [6, 6.07) is 10.2. The van der Waals surface area contributed by atoms with Crippen molar-refractivity contribution in [3.05, 3.63) is 60.6 Å². The highest BCUT2D eigenvalue weighted by Gasteiger charge is 2.09. The van der Waals surface area contributed by atoms with E-state index in [1.165, 1.54) is 6.20 Å². The molecule has 5 heteroatoms. The number of ketones is 1. The van der Waals surface area contributed by atoms with Crippen molar-refractivity contribution in [3.8, 4) is 5.75 Å². The van der Waals surface area contributed by atoms with Crippen molar-refractivity contribution in [2.45, 2.75) is 51.3 Å². The number of aromatic hydroxyl groups is 1. The van der Waals surface area contributed by atoms with Crippen LogP contribution in [0.2, 0.25) is 0 Å². The number of carbonyl (C=O) groups excluding carboxylic acids is 2. The molecule has 0 radical (unpaired) electrons. The van der Waals surface area contributed by atoms with Crippen LogP contribution in [0.25, 0.3) is 10.9 Å². The maximum Gasteiger partial charge on any atom is 0.231 e. The molecule has 0 fully saturated rings. The van der Waals surface area contributed by atoms with E-state index in [9.17, 15) is 14.7 Å². The van der Waals surface area contributed by atoms with Crippen molar-refractivity contribution < 1.29 is 17.4 Å². The van der Waals surface area contributed by atoms with Gasteiger partial charge in [-0.05, 0) is 55.1 Å². The summed E-state index contributed by atoms with van der Waals surface area (Å²) in [6.07, 6.45) is 6.55. The largest absolute Gasteiger partial charge is 0.508 e. The maximum atomic E-state index is 12.4. The van der Waals surface area contributed by atoms with E-state index in [1.54, 1.807) is 53.4 Å². The molecule has 5 nitrogen and oxygen atoms in total. The number of aromatic nitrogens is 2. The molecule has 1 N–H and O–H groups in total. The number of phenols is 1. The van der Waals surface area contributed by atoms with Crippen molar-refractivity contribution in [2.75, 3.05) is 0 Å². The van der Waals surface area contributed by atoms with Gasteiger partial charge < -0.3 is 5.11 Å². The number of aryl methyl sites for hydroxylation is 1. The number of hydrogen-bond donors (Lipinski definition) is 1. The average molecular weight is 380 g/mol. The molecule has 2 aromatic heterocycles. The predicted molar refractivity (Wildman–Crippen MR) is 109 cm³/mol. The molecule has 146 valence electrons. The first-order valence-electron chi connectivity index (χ1n) is 10.7. The van der Waals surface area contributed by atoms with Gasteiger partial charge in [0.15, 0.2) is 0 Å². The first-order chi connectivity index (χ1) is 14.5. The molecule has 0 saturated carbocycles. The number of carbonyl (C=O) groups is 2. The van der Waals surface area contributed by atoms with E-state index in [0.717, 1.165) is 30.2 Å². The molecular weight excluding hydrogens is 352 g/mol. The summed E-state index contributed by atoms with van der Waals surface area (Å²) in [7, 11) is 0. The van der Waals surface area contributed by atoms with E-state index in [-0.39, 0.29) is 23.9 Å². The standard InChI is InChI=1S/C23H26N2O3/c26-20(10-9-18-6-5-14-24-17-18)7-3-1-2-4-8-23(28)25-15-13-19-16-21(27)11-12-22(19)25/h5-6,11-17,27H,1-4,7-10H2/i9D,10D. The molecule has 3 aromatic rings. The van der Waals surface area contributed by atoms with Crippen LogP contribution in [-0.2, 0) is 11.2 Å². The molecule has 0 amide bonds. The molecule has 0 aliphatic rings. The third-order valence-corrected chi connectivity index (χ3v) is 4.65. The topological polar surface area (TPSA) is 72.2 Å². The number of hydrogen-bond acceptors (Lipinski definition) is 4. The summed E-state index contributed by atoms with van der Waals surface area (Å²) >= 11 is 0. The predicted octanol–water partition coefficient (Wildman–Crippen LogP) is 4.92. The Bertz CT molecular complexity index is 1000. The molecule has 2 heterocycles. The van der Waals surface area contributed by atoms with Crippen LogP contribution >= 0.6 is 0 Å². The minimum Gasteiger partial charge on any atom is -0.508 e. The van der Waals surface area contributed by atoms with Crippen LogP contribution in [0.5, 0.6) is 5.75 Å². The van der Waals surface area contributed by atoms with Crippen LogP contribution in [0.15, 0.2) is 55.0 Å². The molecule has 2 unspecified atom stereocenters. The van der Waals surface area contributed by atoms with Crippen molar-refractivity contribution in [1.29, 1.82) is 0 Å². The Morgan fingerprint density at radius 3 is 2.68 bits per heavy atom. The van der Waals surface area contributed by atoms with Crippen LogP contribution in [0.4, 0.5) is 0 Å². The van der Waals surface area contributed by atoms with Crippen LogP contribution in [0.1, 0.15) is 58.0 Å². The Labute approximate surface area is 167 Å².